The van der Waals surface area contributed by atoms with Crippen molar-refractivity contribution in [2.45, 2.75) is 6.92 Å². The zero-order valence-corrected chi connectivity index (χ0v) is 10.3. The molecule has 2 aromatic rings. The van der Waals surface area contributed by atoms with Gasteiger partial charge in [-0.25, -0.2) is 4.79 Å². The van der Waals surface area contributed by atoms with Crippen molar-refractivity contribution in [3.63, 3.8) is 0 Å². The predicted octanol–water partition coefficient (Wildman–Crippen LogP) is 2.47. The smallest absolute Gasteiger partial charge is 0.349 e. The van der Waals surface area contributed by atoms with Crippen LogP contribution in [0.25, 0.3) is 11.3 Å². The maximum Gasteiger partial charge on any atom is 0.349 e. The van der Waals surface area contributed by atoms with Crippen molar-refractivity contribution in [3.05, 3.63) is 35.2 Å². The Morgan fingerprint density at radius 2 is 1.94 bits per heavy atom. The number of carboxylic acid groups (broad SMARTS) is 1. The molecule has 2 rings (SSSR count). The van der Waals surface area contributed by atoms with E-state index < -0.39 is 5.97 Å². The molecule has 1 heterocycles. The average molecular weight is 262 g/mol. The van der Waals surface area contributed by atoms with Gasteiger partial charge in [-0.05, 0) is 11.5 Å². The van der Waals surface area contributed by atoms with Crippen LogP contribution in [0.3, 0.4) is 0 Å². The van der Waals surface area contributed by atoms with Crippen LogP contribution in [0.5, 0.6) is 0 Å². The van der Waals surface area contributed by atoms with Crippen LogP contribution in [0.2, 0.25) is 0 Å². The summed E-state index contributed by atoms with van der Waals surface area (Å²) in [6, 6.07) is 9.13. The molecule has 0 spiro atoms. The molecule has 0 fully saturated rings. The van der Waals surface area contributed by atoms with E-state index in [1.165, 1.54) is 6.92 Å². The number of anilines is 1. The first-order chi connectivity index (χ1) is 8.59. The first kappa shape index (κ1) is 12.3. The second-order valence-electron chi connectivity index (χ2n) is 3.59. The fraction of sp³-hybridized carbons (Fsp3) is 0.0833. The molecule has 6 heteroatoms. The minimum atomic E-state index is -1.10. The van der Waals surface area contributed by atoms with Gasteiger partial charge >= 0.3 is 5.97 Å². The molecule has 18 heavy (non-hydrogen) atoms. The number of aromatic nitrogens is 1. The summed E-state index contributed by atoms with van der Waals surface area (Å²) < 4.78 is 4.11. The summed E-state index contributed by atoms with van der Waals surface area (Å²) in [7, 11) is 0. The van der Waals surface area contributed by atoms with Crippen LogP contribution in [-0.2, 0) is 4.79 Å². The topological polar surface area (TPSA) is 79.3 Å². The number of hydrogen-bond acceptors (Lipinski definition) is 4. The summed E-state index contributed by atoms with van der Waals surface area (Å²) in [5.74, 6) is -1.42. The Morgan fingerprint density at radius 1 is 1.28 bits per heavy atom. The Hall–Kier alpha value is -2.21. The molecule has 0 saturated carbocycles. The minimum absolute atomic E-state index is 0.0315. The van der Waals surface area contributed by atoms with E-state index in [-0.39, 0.29) is 16.5 Å². The van der Waals surface area contributed by atoms with Crippen molar-refractivity contribution in [3.8, 4) is 11.3 Å². The van der Waals surface area contributed by atoms with Gasteiger partial charge in [-0.3, -0.25) is 4.79 Å². The number of carboxylic acids is 1. The molecule has 0 aliphatic rings. The first-order valence-electron chi connectivity index (χ1n) is 5.15. The molecule has 0 radical (unpaired) electrons. The summed E-state index contributed by atoms with van der Waals surface area (Å²) >= 11 is 0.857. The van der Waals surface area contributed by atoms with E-state index in [0.29, 0.717) is 5.69 Å². The number of hydrogen-bond donors (Lipinski definition) is 2. The predicted molar refractivity (Wildman–Crippen MR) is 68.8 cm³/mol. The standard InChI is InChI=1S/C12H10N2O3S/c1-7(15)13-10-9(8-5-3-2-4-6-8)14-18-11(10)12(16)17/h2-6H,1H3,(H,13,15)(H,16,17). The maximum absolute atomic E-state index is 11.1. The van der Waals surface area contributed by atoms with Gasteiger partial charge in [0.05, 0.1) is 5.69 Å². The van der Waals surface area contributed by atoms with Crippen LogP contribution in [0.4, 0.5) is 5.69 Å². The van der Waals surface area contributed by atoms with Gasteiger partial charge in [-0.15, -0.1) is 0 Å². The molecule has 1 amide bonds. The van der Waals surface area contributed by atoms with Crippen LogP contribution in [0.1, 0.15) is 16.6 Å². The third-order valence-corrected chi connectivity index (χ3v) is 3.07. The van der Waals surface area contributed by atoms with Gasteiger partial charge in [0.15, 0.2) is 4.88 Å². The van der Waals surface area contributed by atoms with Crippen LogP contribution in [0, 0.1) is 0 Å². The van der Waals surface area contributed by atoms with Crippen molar-refractivity contribution < 1.29 is 14.7 Å². The zero-order valence-electron chi connectivity index (χ0n) is 9.51. The third-order valence-electron chi connectivity index (χ3n) is 2.23. The number of amides is 1. The summed E-state index contributed by atoms with van der Waals surface area (Å²) in [4.78, 5) is 22.2. The number of nitrogens with zero attached hydrogens (tertiary/aromatic N) is 1. The summed E-state index contributed by atoms with van der Waals surface area (Å²) in [6.45, 7) is 1.33. The lowest BCUT2D eigenvalue weighted by Gasteiger charge is -2.04. The van der Waals surface area contributed by atoms with Crippen molar-refractivity contribution >= 4 is 29.1 Å². The van der Waals surface area contributed by atoms with E-state index in [0.717, 1.165) is 17.1 Å². The van der Waals surface area contributed by atoms with Crippen molar-refractivity contribution in [2.75, 3.05) is 5.32 Å². The number of benzene rings is 1. The van der Waals surface area contributed by atoms with Gasteiger partial charge in [-0.2, -0.15) is 4.37 Å². The van der Waals surface area contributed by atoms with Gasteiger partial charge < -0.3 is 10.4 Å². The number of aromatic carboxylic acids is 1. The maximum atomic E-state index is 11.1. The number of carbonyl (C=O) groups excluding carboxylic acids is 1. The fourth-order valence-electron chi connectivity index (χ4n) is 1.52. The van der Waals surface area contributed by atoms with Crippen molar-refractivity contribution in [1.29, 1.82) is 0 Å². The van der Waals surface area contributed by atoms with Gasteiger partial charge in [-0.1, -0.05) is 30.3 Å². The van der Waals surface area contributed by atoms with Gasteiger partial charge in [0.1, 0.15) is 5.69 Å². The highest BCUT2D eigenvalue weighted by molar-refractivity contribution is 7.09. The van der Waals surface area contributed by atoms with E-state index in [9.17, 15) is 9.59 Å². The molecular weight excluding hydrogens is 252 g/mol. The quantitative estimate of drug-likeness (QED) is 0.890. The number of nitrogens with one attached hydrogen (secondary N) is 1. The van der Waals surface area contributed by atoms with Gasteiger partial charge in [0.2, 0.25) is 5.91 Å². The normalized spacial score (nSPS) is 10.1. The fourth-order valence-corrected chi connectivity index (χ4v) is 2.22. The SMILES string of the molecule is CC(=O)Nc1c(-c2ccccc2)nsc1C(=O)O. The lowest BCUT2D eigenvalue weighted by atomic mass is 10.1. The summed E-state index contributed by atoms with van der Waals surface area (Å²) in [6.07, 6.45) is 0. The molecule has 0 saturated heterocycles. The summed E-state index contributed by atoms with van der Waals surface area (Å²) in [5, 5.41) is 11.6. The monoisotopic (exact) mass is 262 g/mol. The Labute approximate surface area is 107 Å². The molecule has 0 bridgehead atoms. The Morgan fingerprint density at radius 3 is 2.50 bits per heavy atom. The highest BCUT2D eigenvalue weighted by Gasteiger charge is 2.20. The van der Waals surface area contributed by atoms with E-state index in [4.69, 9.17) is 5.11 Å². The second-order valence-corrected chi connectivity index (χ2v) is 4.36. The second kappa shape index (κ2) is 4.97. The van der Waals surface area contributed by atoms with Crippen LogP contribution in [0.15, 0.2) is 30.3 Å². The Bertz CT molecular complexity index is 593. The molecule has 0 atom stereocenters. The third kappa shape index (κ3) is 2.38. The van der Waals surface area contributed by atoms with Gasteiger partial charge in [0, 0.05) is 12.5 Å². The lowest BCUT2D eigenvalue weighted by Crippen LogP contribution is -2.09. The average Bonchev–Trinajstić information content (AvgIpc) is 2.73. The number of rotatable bonds is 3. The lowest BCUT2D eigenvalue weighted by molar-refractivity contribution is -0.114. The van der Waals surface area contributed by atoms with Crippen LogP contribution < -0.4 is 5.32 Å². The first-order valence-corrected chi connectivity index (χ1v) is 5.93. The van der Waals surface area contributed by atoms with E-state index in [1.54, 1.807) is 0 Å². The molecule has 0 unspecified atom stereocenters. The van der Waals surface area contributed by atoms with E-state index >= 15 is 0 Å². The highest BCUT2D eigenvalue weighted by atomic mass is 32.1. The molecule has 5 nitrogen and oxygen atoms in total. The summed E-state index contributed by atoms with van der Waals surface area (Å²) in [5.41, 5.74) is 1.50. The van der Waals surface area contributed by atoms with E-state index in [1.807, 2.05) is 30.3 Å². The molecular formula is C12H10N2O3S. The number of carbonyl (C=O) groups is 2. The van der Waals surface area contributed by atoms with Crippen molar-refractivity contribution in [1.82, 2.24) is 4.37 Å². The Balaban J connectivity index is 2.54. The zero-order chi connectivity index (χ0) is 13.1. The highest BCUT2D eigenvalue weighted by Crippen LogP contribution is 2.33. The Kier molecular flexibility index (Phi) is 3.38. The molecule has 1 aromatic carbocycles. The van der Waals surface area contributed by atoms with Crippen molar-refractivity contribution in [2.24, 2.45) is 0 Å². The van der Waals surface area contributed by atoms with E-state index in [2.05, 4.69) is 9.69 Å². The molecule has 0 aliphatic carbocycles. The molecule has 2 N–H and O–H groups in total. The molecule has 0 aliphatic heterocycles. The largest absolute Gasteiger partial charge is 0.477 e. The minimum Gasteiger partial charge on any atom is -0.477 e. The van der Waals surface area contributed by atoms with Crippen LogP contribution in [-0.4, -0.2) is 21.4 Å². The molecule has 92 valence electrons. The van der Waals surface area contributed by atoms with Crippen LogP contribution >= 0.6 is 11.5 Å². The molecule has 1 aromatic heterocycles. The van der Waals surface area contributed by atoms with Gasteiger partial charge in [0.25, 0.3) is 0 Å².